The quantitative estimate of drug-likeness (QED) is 0.739. The Balaban J connectivity index is 1.88. The average molecular weight is 351 g/mol. The summed E-state index contributed by atoms with van der Waals surface area (Å²) in [6.07, 6.45) is 0. The first-order valence-corrected chi connectivity index (χ1v) is 7.58. The van der Waals surface area contributed by atoms with Crippen LogP contribution in [0, 0.1) is 13.8 Å². The predicted molar refractivity (Wildman–Crippen MR) is 83.5 cm³/mol. The number of halogens is 1. The third-order valence-corrected chi connectivity index (χ3v) is 4.43. The van der Waals surface area contributed by atoms with Crippen LogP contribution in [0.15, 0.2) is 33.2 Å². The zero-order chi connectivity index (χ0) is 14.3. The molecule has 0 saturated heterocycles. The number of hydrogen-bond acceptors (Lipinski definition) is 4. The first kappa shape index (κ1) is 13.3. The zero-order valence-electron chi connectivity index (χ0n) is 10.9. The molecule has 6 heteroatoms. The van der Waals surface area contributed by atoms with Gasteiger partial charge in [-0.05, 0) is 38.1 Å². The zero-order valence-corrected chi connectivity index (χ0v) is 13.3. The van der Waals surface area contributed by atoms with Gasteiger partial charge in [-0.2, -0.15) is 0 Å². The molecule has 1 N–H and O–H groups in total. The van der Waals surface area contributed by atoms with Gasteiger partial charge in [0, 0.05) is 14.7 Å². The fourth-order valence-electron chi connectivity index (χ4n) is 1.81. The van der Waals surface area contributed by atoms with Crippen molar-refractivity contribution in [2.24, 2.45) is 0 Å². The van der Waals surface area contributed by atoms with Crippen LogP contribution in [0.2, 0.25) is 0 Å². The summed E-state index contributed by atoms with van der Waals surface area (Å²) in [6.45, 7) is 3.89. The van der Waals surface area contributed by atoms with Crippen LogP contribution in [0.25, 0.3) is 11.0 Å². The van der Waals surface area contributed by atoms with Crippen molar-refractivity contribution < 1.29 is 9.21 Å². The number of carbonyl (C=O) groups excluding carboxylic acids is 1. The molecule has 0 radical (unpaired) electrons. The minimum atomic E-state index is -0.286. The molecule has 0 unspecified atom stereocenters. The fraction of sp³-hybridized carbons (Fsp3) is 0.143. The van der Waals surface area contributed by atoms with Crippen molar-refractivity contribution in [3.05, 3.63) is 45.1 Å². The lowest BCUT2D eigenvalue weighted by Gasteiger charge is -1.96. The van der Waals surface area contributed by atoms with E-state index in [1.807, 2.05) is 32.0 Å². The Morgan fingerprint density at radius 2 is 2.15 bits per heavy atom. The van der Waals surface area contributed by atoms with E-state index in [1.54, 1.807) is 6.07 Å². The van der Waals surface area contributed by atoms with Crippen LogP contribution >= 0.6 is 27.3 Å². The fourth-order valence-corrected chi connectivity index (χ4v) is 3.00. The summed E-state index contributed by atoms with van der Waals surface area (Å²) in [5.41, 5.74) is 1.61. The smallest absolute Gasteiger partial charge is 0.293 e. The first-order valence-electron chi connectivity index (χ1n) is 5.97. The molecule has 4 nitrogen and oxygen atoms in total. The summed E-state index contributed by atoms with van der Waals surface area (Å²) in [4.78, 5) is 17.5. The number of nitrogens with zero attached hydrogens (tertiary/aromatic N) is 1. The number of aromatic nitrogens is 1. The molecule has 0 saturated carbocycles. The number of hydrogen-bond donors (Lipinski definition) is 1. The second kappa shape index (κ2) is 5.03. The van der Waals surface area contributed by atoms with Crippen LogP contribution in [-0.4, -0.2) is 10.9 Å². The Bertz CT molecular complexity index is 787. The van der Waals surface area contributed by atoms with E-state index in [9.17, 15) is 4.79 Å². The lowest BCUT2D eigenvalue weighted by molar-refractivity contribution is 0.0998. The van der Waals surface area contributed by atoms with Gasteiger partial charge in [-0.15, -0.1) is 11.3 Å². The molecule has 3 aromatic rings. The Kier molecular flexibility index (Phi) is 3.35. The van der Waals surface area contributed by atoms with Crippen molar-refractivity contribution in [2.45, 2.75) is 13.8 Å². The van der Waals surface area contributed by atoms with Crippen molar-refractivity contribution in [2.75, 3.05) is 5.32 Å². The third-order valence-electron chi connectivity index (χ3n) is 2.95. The Morgan fingerprint density at radius 1 is 1.35 bits per heavy atom. The molecule has 20 heavy (non-hydrogen) atoms. The van der Waals surface area contributed by atoms with Gasteiger partial charge in [-0.1, -0.05) is 15.9 Å². The maximum Gasteiger partial charge on any atom is 0.293 e. The monoisotopic (exact) mass is 350 g/mol. The van der Waals surface area contributed by atoms with Gasteiger partial charge in [0.05, 0.1) is 5.69 Å². The standard InChI is InChI=1S/C14H11BrN2O2S/c1-7-8(2)20-14(16-7)17-13(18)12-6-9-5-10(15)3-4-11(9)19-12/h3-6H,1-2H3,(H,16,17,18). The highest BCUT2D eigenvalue weighted by molar-refractivity contribution is 9.10. The third kappa shape index (κ3) is 2.48. The van der Waals surface area contributed by atoms with Crippen molar-refractivity contribution in [3.63, 3.8) is 0 Å². The number of nitrogens with one attached hydrogen (secondary N) is 1. The topological polar surface area (TPSA) is 55.1 Å². The van der Waals surface area contributed by atoms with E-state index < -0.39 is 0 Å². The van der Waals surface area contributed by atoms with E-state index in [4.69, 9.17) is 4.42 Å². The predicted octanol–water partition coefficient (Wildman–Crippen LogP) is 4.52. The number of benzene rings is 1. The Labute approximate surface area is 127 Å². The second-order valence-corrected chi connectivity index (χ2v) is 6.53. The van der Waals surface area contributed by atoms with Gasteiger partial charge >= 0.3 is 0 Å². The molecule has 3 rings (SSSR count). The molecule has 0 aliphatic heterocycles. The highest BCUT2D eigenvalue weighted by Gasteiger charge is 2.14. The second-order valence-electron chi connectivity index (χ2n) is 4.41. The average Bonchev–Trinajstić information content (AvgIpc) is 2.93. The molecule has 0 bridgehead atoms. The summed E-state index contributed by atoms with van der Waals surface area (Å²) in [5, 5.41) is 4.23. The minimum absolute atomic E-state index is 0.281. The normalized spacial score (nSPS) is 10.9. The van der Waals surface area contributed by atoms with Gasteiger partial charge in [-0.25, -0.2) is 4.98 Å². The molecule has 2 heterocycles. The van der Waals surface area contributed by atoms with Crippen molar-refractivity contribution >= 4 is 49.3 Å². The van der Waals surface area contributed by atoms with Crippen LogP contribution < -0.4 is 5.32 Å². The summed E-state index contributed by atoms with van der Waals surface area (Å²) < 4.78 is 6.49. The summed E-state index contributed by atoms with van der Waals surface area (Å²) >= 11 is 4.85. The molecule has 0 atom stereocenters. The number of aryl methyl sites for hydroxylation is 2. The van der Waals surface area contributed by atoms with Crippen LogP contribution in [0.1, 0.15) is 21.1 Å². The van der Waals surface area contributed by atoms with Crippen LogP contribution in [-0.2, 0) is 0 Å². The molecular weight excluding hydrogens is 340 g/mol. The van der Waals surface area contributed by atoms with Crippen molar-refractivity contribution in [3.8, 4) is 0 Å². The summed E-state index contributed by atoms with van der Waals surface area (Å²) in [5.74, 6) is -0.00493. The molecule has 102 valence electrons. The Hall–Kier alpha value is -1.66. The molecule has 2 aromatic heterocycles. The van der Waals surface area contributed by atoms with Gasteiger partial charge in [0.2, 0.25) is 0 Å². The number of anilines is 1. The van der Waals surface area contributed by atoms with Crippen LogP contribution in [0.4, 0.5) is 5.13 Å². The van der Waals surface area contributed by atoms with E-state index in [-0.39, 0.29) is 11.7 Å². The lowest BCUT2D eigenvalue weighted by atomic mass is 10.2. The van der Waals surface area contributed by atoms with E-state index in [0.29, 0.717) is 10.7 Å². The SMILES string of the molecule is Cc1nc(NC(=O)c2cc3cc(Br)ccc3o2)sc1C. The van der Waals surface area contributed by atoms with Crippen molar-refractivity contribution in [1.82, 2.24) is 4.98 Å². The van der Waals surface area contributed by atoms with Gasteiger partial charge < -0.3 is 4.42 Å². The number of rotatable bonds is 2. The number of furan rings is 1. The lowest BCUT2D eigenvalue weighted by Crippen LogP contribution is -2.10. The van der Waals surface area contributed by atoms with Crippen molar-refractivity contribution in [1.29, 1.82) is 0 Å². The minimum Gasteiger partial charge on any atom is -0.451 e. The summed E-state index contributed by atoms with van der Waals surface area (Å²) in [6, 6.07) is 7.34. The highest BCUT2D eigenvalue weighted by atomic mass is 79.9. The maximum absolute atomic E-state index is 12.1. The molecule has 1 aromatic carbocycles. The van der Waals surface area contributed by atoms with Gasteiger partial charge in [0.15, 0.2) is 10.9 Å². The molecular formula is C14H11BrN2O2S. The molecule has 0 fully saturated rings. The number of carbonyl (C=O) groups is 1. The number of thiazole rings is 1. The first-order chi connectivity index (χ1) is 9.52. The highest BCUT2D eigenvalue weighted by Crippen LogP contribution is 2.25. The van der Waals surface area contributed by atoms with Gasteiger partial charge in [-0.3, -0.25) is 10.1 Å². The molecule has 0 spiro atoms. The Morgan fingerprint density at radius 3 is 2.85 bits per heavy atom. The van der Waals surface area contributed by atoms with Crippen LogP contribution in [0.5, 0.6) is 0 Å². The van der Waals surface area contributed by atoms with Gasteiger partial charge in [0.1, 0.15) is 5.58 Å². The van der Waals surface area contributed by atoms with E-state index in [0.717, 1.165) is 20.4 Å². The molecule has 0 aliphatic carbocycles. The summed E-state index contributed by atoms with van der Waals surface area (Å²) in [7, 11) is 0. The van der Waals surface area contributed by atoms with E-state index >= 15 is 0 Å². The number of amides is 1. The number of fused-ring (bicyclic) bond motifs is 1. The van der Waals surface area contributed by atoms with Crippen LogP contribution in [0.3, 0.4) is 0 Å². The van der Waals surface area contributed by atoms with E-state index in [1.165, 1.54) is 11.3 Å². The largest absolute Gasteiger partial charge is 0.451 e. The van der Waals surface area contributed by atoms with E-state index in [2.05, 4.69) is 26.2 Å². The maximum atomic E-state index is 12.1. The molecule has 1 amide bonds. The van der Waals surface area contributed by atoms with Gasteiger partial charge in [0.25, 0.3) is 5.91 Å². The molecule has 0 aliphatic rings.